The Balaban J connectivity index is 1.60. The number of nitrogens with one attached hydrogen (secondary N) is 1. The van der Waals surface area contributed by atoms with E-state index in [1.807, 2.05) is 37.3 Å². The number of rotatable bonds is 4. The van der Waals surface area contributed by atoms with Gasteiger partial charge in [0.2, 0.25) is 5.13 Å². The van der Waals surface area contributed by atoms with E-state index in [9.17, 15) is 0 Å². The van der Waals surface area contributed by atoms with Gasteiger partial charge in [0.05, 0.1) is 11.4 Å². The van der Waals surface area contributed by atoms with Crippen molar-refractivity contribution in [3.63, 3.8) is 0 Å². The van der Waals surface area contributed by atoms with Crippen LogP contribution < -0.4 is 5.43 Å². The molecule has 0 amide bonds. The highest BCUT2D eigenvalue weighted by Crippen LogP contribution is 2.38. The molecule has 1 N–H and O–H groups in total. The average Bonchev–Trinajstić information content (AvgIpc) is 3.16. The van der Waals surface area contributed by atoms with E-state index in [4.69, 9.17) is 4.98 Å². The normalized spacial score (nSPS) is 11.7. The van der Waals surface area contributed by atoms with Crippen LogP contribution in [-0.2, 0) is 0 Å². The maximum absolute atomic E-state index is 4.73. The predicted molar refractivity (Wildman–Crippen MR) is 111 cm³/mol. The SMILES string of the molecule is C/C(=N\Nc1nc(-c2cc(C)c3cccccc2-3)cs1)c1ccccc1. The first-order chi connectivity index (χ1) is 12.7. The minimum absolute atomic E-state index is 0.794. The number of fused-ring (bicyclic) bond motifs is 1. The molecule has 0 saturated heterocycles. The molecule has 128 valence electrons. The third-order valence-corrected chi connectivity index (χ3v) is 5.15. The van der Waals surface area contributed by atoms with E-state index in [2.05, 4.69) is 59.2 Å². The minimum Gasteiger partial charge on any atom is -0.252 e. The van der Waals surface area contributed by atoms with Gasteiger partial charge in [-0.3, -0.25) is 5.43 Å². The van der Waals surface area contributed by atoms with Gasteiger partial charge in [0.15, 0.2) is 0 Å². The van der Waals surface area contributed by atoms with Crippen molar-refractivity contribution in [2.45, 2.75) is 13.8 Å². The summed E-state index contributed by atoms with van der Waals surface area (Å²) in [5.74, 6) is 0. The molecule has 0 bridgehead atoms. The van der Waals surface area contributed by atoms with E-state index in [-0.39, 0.29) is 0 Å². The summed E-state index contributed by atoms with van der Waals surface area (Å²) in [6.07, 6.45) is 0. The predicted octanol–water partition coefficient (Wildman–Crippen LogP) is 6.06. The topological polar surface area (TPSA) is 37.3 Å². The monoisotopic (exact) mass is 357 g/mol. The molecule has 2 aliphatic rings. The number of hydrogen-bond acceptors (Lipinski definition) is 4. The largest absolute Gasteiger partial charge is 0.252 e. The Labute approximate surface area is 157 Å². The number of benzene rings is 1. The third-order valence-electron chi connectivity index (χ3n) is 4.40. The Morgan fingerprint density at radius 1 is 0.923 bits per heavy atom. The summed E-state index contributed by atoms with van der Waals surface area (Å²) in [6.45, 7) is 4.13. The van der Waals surface area contributed by atoms with Crippen molar-refractivity contribution >= 4 is 22.2 Å². The van der Waals surface area contributed by atoms with E-state index in [1.165, 1.54) is 22.3 Å². The summed E-state index contributed by atoms with van der Waals surface area (Å²) in [7, 11) is 0. The van der Waals surface area contributed by atoms with Gasteiger partial charge in [-0.2, -0.15) is 5.10 Å². The van der Waals surface area contributed by atoms with Crippen LogP contribution in [-0.4, -0.2) is 10.7 Å². The van der Waals surface area contributed by atoms with E-state index < -0.39 is 0 Å². The van der Waals surface area contributed by atoms with Crippen LogP contribution >= 0.6 is 11.3 Å². The zero-order valence-corrected chi connectivity index (χ0v) is 15.5. The lowest BCUT2D eigenvalue weighted by Crippen LogP contribution is -1.99. The zero-order chi connectivity index (χ0) is 17.9. The fraction of sp³-hybridized carbons (Fsp3) is 0.0909. The Morgan fingerprint density at radius 3 is 2.38 bits per heavy atom. The minimum atomic E-state index is 0.794. The number of hydrogen-bond donors (Lipinski definition) is 1. The molecule has 0 fully saturated rings. The van der Waals surface area contributed by atoms with E-state index in [0.717, 1.165) is 22.1 Å². The van der Waals surface area contributed by atoms with Gasteiger partial charge in [-0.25, -0.2) is 4.98 Å². The standard InChI is InChI=1S/C22H19N3S/c1-15-13-20(19-12-8-4-7-11-18(15)19)21-14-26-22(23-21)25-24-16(2)17-9-5-3-6-10-17/h3-14H,1-2H3,(H,23,25)/b24-16+. The van der Waals surface area contributed by atoms with Gasteiger partial charge in [-0.1, -0.05) is 60.7 Å². The summed E-state index contributed by atoms with van der Waals surface area (Å²) in [5, 5.41) is 7.34. The molecule has 0 radical (unpaired) electrons. The summed E-state index contributed by atoms with van der Waals surface area (Å²) >= 11 is 1.57. The van der Waals surface area contributed by atoms with Crippen LogP contribution in [0.5, 0.6) is 0 Å². The van der Waals surface area contributed by atoms with Crippen molar-refractivity contribution in [2.24, 2.45) is 5.10 Å². The molecule has 26 heavy (non-hydrogen) atoms. The lowest BCUT2D eigenvalue weighted by atomic mass is 10.1. The molecule has 2 aliphatic carbocycles. The maximum Gasteiger partial charge on any atom is 0.203 e. The molecule has 0 atom stereocenters. The second kappa shape index (κ2) is 7.10. The highest BCUT2D eigenvalue weighted by molar-refractivity contribution is 7.14. The molecular formula is C22H19N3S. The van der Waals surface area contributed by atoms with Crippen LogP contribution in [0.1, 0.15) is 18.1 Å². The maximum atomic E-state index is 4.73. The number of aromatic nitrogens is 1. The molecule has 4 rings (SSSR count). The van der Waals surface area contributed by atoms with E-state index in [1.54, 1.807) is 11.3 Å². The smallest absolute Gasteiger partial charge is 0.203 e. The van der Waals surface area contributed by atoms with Crippen molar-refractivity contribution in [1.29, 1.82) is 0 Å². The molecule has 2 aromatic rings. The molecular weight excluding hydrogens is 338 g/mol. The highest BCUT2D eigenvalue weighted by atomic mass is 32.1. The first kappa shape index (κ1) is 16.5. The number of aryl methyl sites for hydroxylation is 1. The first-order valence-corrected chi connectivity index (χ1v) is 9.40. The van der Waals surface area contributed by atoms with Crippen LogP contribution in [0, 0.1) is 6.92 Å². The van der Waals surface area contributed by atoms with Crippen molar-refractivity contribution in [2.75, 3.05) is 5.43 Å². The van der Waals surface area contributed by atoms with Crippen molar-refractivity contribution in [3.05, 3.63) is 83.2 Å². The fourth-order valence-corrected chi connectivity index (χ4v) is 3.69. The summed E-state index contributed by atoms with van der Waals surface area (Å²) in [6, 6.07) is 22.9. The number of anilines is 1. The quantitative estimate of drug-likeness (QED) is 0.356. The second-order valence-corrected chi connectivity index (χ2v) is 7.05. The molecule has 0 unspecified atom stereocenters. The molecule has 0 saturated carbocycles. The van der Waals surface area contributed by atoms with Crippen LogP contribution in [0.2, 0.25) is 0 Å². The Hall–Kier alpha value is -2.98. The van der Waals surface area contributed by atoms with Crippen LogP contribution in [0.4, 0.5) is 5.13 Å². The Morgan fingerprint density at radius 2 is 1.62 bits per heavy atom. The van der Waals surface area contributed by atoms with Gasteiger partial charge in [-0.15, -0.1) is 11.3 Å². The Bertz CT molecular complexity index is 1030. The summed E-state index contributed by atoms with van der Waals surface area (Å²) in [4.78, 5) is 4.73. The molecule has 1 heterocycles. The van der Waals surface area contributed by atoms with Crippen LogP contribution in [0.25, 0.3) is 22.4 Å². The highest BCUT2D eigenvalue weighted by Gasteiger charge is 2.15. The number of thiazole rings is 1. The number of hydrazone groups is 1. The fourth-order valence-electron chi connectivity index (χ4n) is 3.03. The van der Waals surface area contributed by atoms with Gasteiger partial charge in [0.1, 0.15) is 0 Å². The van der Waals surface area contributed by atoms with Crippen LogP contribution in [0.3, 0.4) is 0 Å². The van der Waals surface area contributed by atoms with Gasteiger partial charge >= 0.3 is 0 Å². The number of nitrogens with zero attached hydrogens (tertiary/aromatic N) is 2. The van der Waals surface area contributed by atoms with Crippen LogP contribution in [0.15, 0.2) is 77.2 Å². The lowest BCUT2D eigenvalue weighted by Gasteiger charge is -2.01. The molecule has 4 heteroatoms. The van der Waals surface area contributed by atoms with Gasteiger partial charge in [-0.05, 0) is 42.2 Å². The zero-order valence-electron chi connectivity index (χ0n) is 14.7. The van der Waals surface area contributed by atoms with Crippen molar-refractivity contribution in [3.8, 4) is 22.4 Å². The second-order valence-electron chi connectivity index (χ2n) is 6.19. The molecule has 0 aliphatic heterocycles. The molecule has 1 aromatic carbocycles. The van der Waals surface area contributed by atoms with Crippen molar-refractivity contribution in [1.82, 2.24) is 4.98 Å². The molecule has 0 spiro atoms. The molecule has 1 aromatic heterocycles. The van der Waals surface area contributed by atoms with E-state index in [0.29, 0.717) is 0 Å². The van der Waals surface area contributed by atoms with E-state index >= 15 is 0 Å². The molecule has 3 nitrogen and oxygen atoms in total. The summed E-state index contributed by atoms with van der Waals surface area (Å²) in [5.41, 5.74) is 11.0. The average molecular weight is 357 g/mol. The van der Waals surface area contributed by atoms with Crippen molar-refractivity contribution < 1.29 is 0 Å². The van der Waals surface area contributed by atoms with Gasteiger partial charge in [0.25, 0.3) is 0 Å². The third kappa shape index (κ3) is 3.24. The lowest BCUT2D eigenvalue weighted by molar-refractivity contribution is 1.27. The summed E-state index contributed by atoms with van der Waals surface area (Å²) < 4.78 is 0. The van der Waals surface area contributed by atoms with Gasteiger partial charge < -0.3 is 0 Å². The van der Waals surface area contributed by atoms with Gasteiger partial charge in [0, 0.05) is 10.9 Å². The first-order valence-electron chi connectivity index (χ1n) is 8.52. The Kier molecular flexibility index (Phi) is 4.50.